The molecule has 0 atom stereocenters. The molecule has 6 heteroatoms. The van der Waals surface area contributed by atoms with Gasteiger partial charge >= 0.3 is 5.97 Å². The lowest BCUT2D eigenvalue weighted by Gasteiger charge is -2.14. The van der Waals surface area contributed by atoms with Gasteiger partial charge in [0.1, 0.15) is 17.1 Å². The highest BCUT2D eigenvalue weighted by Gasteiger charge is 2.18. The third-order valence-electron chi connectivity index (χ3n) is 2.58. The molecule has 0 N–H and O–H groups in total. The lowest BCUT2D eigenvalue weighted by molar-refractivity contribution is 0.0593. The van der Waals surface area contributed by atoms with E-state index in [0.717, 1.165) is 0 Å². The SMILES string of the molecule is COC(=O)c1cc(OC(C)C)c2c(Br)ccc(F)c2n1. The second kappa shape index (κ2) is 5.75. The van der Waals surface area contributed by atoms with Crippen LogP contribution in [-0.4, -0.2) is 24.2 Å². The largest absolute Gasteiger partial charge is 0.490 e. The summed E-state index contributed by atoms with van der Waals surface area (Å²) < 4.78 is 24.9. The number of hydrogen-bond acceptors (Lipinski definition) is 4. The maximum Gasteiger partial charge on any atom is 0.356 e. The van der Waals surface area contributed by atoms with Gasteiger partial charge in [-0.05, 0) is 41.9 Å². The number of pyridine rings is 1. The predicted octanol–water partition coefficient (Wildman–Crippen LogP) is 3.71. The van der Waals surface area contributed by atoms with Crippen molar-refractivity contribution in [3.63, 3.8) is 0 Å². The third kappa shape index (κ3) is 2.75. The molecule has 4 nitrogen and oxygen atoms in total. The highest BCUT2D eigenvalue weighted by atomic mass is 79.9. The molecular weight excluding hydrogens is 329 g/mol. The lowest BCUT2D eigenvalue weighted by Crippen LogP contribution is -2.10. The van der Waals surface area contributed by atoms with Crippen molar-refractivity contribution in [2.45, 2.75) is 20.0 Å². The number of benzene rings is 1. The molecule has 0 saturated heterocycles. The second-order valence-corrected chi connectivity index (χ2v) is 5.27. The molecule has 0 radical (unpaired) electrons. The van der Waals surface area contributed by atoms with Crippen molar-refractivity contribution in [3.8, 4) is 5.75 Å². The monoisotopic (exact) mass is 341 g/mol. The Kier molecular flexibility index (Phi) is 4.23. The zero-order valence-electron chi connectivity index (χ0n) is 11.2. The number of ether oxygens (including phenoxy) is 2. The zero-order valence-corrected chi connectivity index (χ0v) is 12.8. The molecule has 0 saturated carbocycles. The molecule has 0 amide bonds. The molecule has 2 rings (SSSR count). The van der Waals surface area contributed by atoms with Crippen molar-refractivity contribution < 1.29 is 18.7 Å². The molecule has 0 unspecified atom stereocenters. The normalized spacial score (nSPS) is 10.9. The summed E-state index contributed by atoms with van der Waals surface area (Å²) in [6.07, 6.45) is -0.124. The van der Waals surface area contributed by atoms with E-state index in [0.29, 0.717) is 15.6 Å². The van der Waals surface area contributed by atoms with Crippen LogP contribution in [0.4, 0.5) is 4.39 Å². The molecule has 0 aliphatic rings. The summed E-state index contributed by atoms with van der Waals surface area (Å²) in [5.74, 6) is -0.779. The molecule has 106 valence electrons. The van der Waals surface area contributed by atoms with Crippen molar-refractivity contribution in [1.82, 2.24) is 4.98 Å². The smallest absolute Gasteiger partial charge is 0.356 e. The Hall–Kier alpha value is -1.69. The molecule has 1 heterocycles. The highest BCUT2D eigenvalue weighted by molar-refractivity contribution is 9.10. The molecule has 0 bridgehead atoms. The Labute approximate surface area is 124 Å². The van der Waals surface area contributed by atoms with E-state index in [1.807, 2.05) is 13.8 Å². The van der Waals surface area contributed by atoms with Crippen LogP contribution in [0.25, 0.3) is 10.9 Å². The van der Waals surface area contributed by atoms with E-state index in [4.69, 9.17) is 4.74 Å². The van der Waals surface area contributed by atoms with E-state index in [9.17, 15) is 9.18 Å². The number of fused-ring (bicyclic) bond motifs is 1. The van der Waals surface area contributed by atoms with Gasteiger partial charge in [-0.1, -0.05) is 0 Å². The molecule has 1 aromatic carbocycles. The van der Waals surface area contributed by atoms with E-state index in [1.54, 1.807) is 6.07 Å². The van der Waals surface area contributed by atoms with Gasteiger partial charge in [-0.3, -0.25) is 0 Å². The summed E-state index contributed by atoms with van der Waals surface area (Å²) in [7, 11) is 1.24. The van der Waals surface area contributed by atoms with Crippen LogP contribution in [0.5, 0.6) is 5.75 Å². The van der Waals surface area contributed by atoms with Crippen molar-refractivity contribution in [2.24, 2.45) is 0 Å². The van der Waals surface area contributed by atoms with E-state index in [-0.39, 0.29) is 17.3 Å². The van der Waals surface area contributed by atoms with Crippen LogP contribution < -0.4 is 4.74 Å². The average molecular weight is 342 g/mol. The Morgan fingerprint density at radius 1 is 1.40 bits per heavy atom. The standard InChI is InChI=1S/C14H13BrFNO3/c1-7(2)20-11-6-10(14(18)19-3)17-13-9(16)5-4-8(15)12(11)13/h4-7H,1-3H3. The number of carbonyl (C=O) groups excluding carboxylic acids is 1. The molecule has 2 aromatic rings. The van der Waals surface area contributed by atoms with E-state index >= 15 is 0 Å². The van der Waals surface area contributed by atoms with Gasteiger partial charge in [-0.15, -0.1) is 0 Å². The third-order valence-corrected chi connectivity index (χ3v) is 3.24. The van der Waals surface area contributed by atoms with Crippen molar-refractivity contribution in [3.05, 3.63) is 34.2 Å². The molecule has 1 aromatic heterocycles. The van der Waals surface area contributed by atoms with Gasteiger partial charge in [-0.2, -0.15) is 0 Å². The summed E-state index contributed by atoms with van der Waals surface area (Å²) in [6, 6.07) is 4.31. The van der Waals surface area contributed by atoms with Crippen molar-refractivity contribution in [2.75, 3.05) is 7.11 Å². The zero-order chi connectivity index (χ0) is 14.9. The first kappa shape index (κ1) is 14.7. The Bertz CT molecular complexity index is 673. The van der Waals surface area contributed by atoms with Crippen LogP contribution in [0.15, 0.2) is 22.7 Å². The van der Waals surface area contributed by atoms with E-state index in [2.05, 4.69) is 25.7 Å². The van der Waals surface area contributed by atoms with Gasteiger partial charge in [0, 0.05) is 10.5 Å². The van der Waals surface area contributed by atoms with Crippen molar-refractivity contribution >= 4 is 32.8 Å². The lowest BCUT2D eigenvalue weighted by atomic mass is 10.1. The number of aromatic nitrogens is 1. The van der Waals surface area contributed by atoms with Crippen LogP contribution in [-0.2, 0) is 4.74 Å². The minimum atomic E-state index is -0.639. The quantitative estimate of drug-likeness (QED) is 0.798. The van der Waals surface area contributed by atoms with E-state index in [1.165, 1.54) is 19.2 Å². The molecule has 20 heavy (non-hydrogen) atoms. The number of halogens is 2. The number of hydrogen-bond donors (Lipinski definition) is 0. The molecule has 0 spiro atoms. The summed E-state index contributed by atoms with van der Waals surface area (Å²) in [6.45, 7) is 3.69. The molecular formula is C14H13BrFNO3. The Balaban J connectivity index is 2.77. The van der Waals surface area contributed by atoms with E-state index < -0.39 is 11.8 Å². The number of carbonyl (C=O) groups is 1. The minimum Gasteiger partial charge on any atom is -0.490 e. The summed E-state index contributed by atoms with van der Waals surface area (Å²) in [5, 5.41) is 0.492. The summed E-state index contributed by atoms with van der Waals surface area (Å²) >= 11 is 3.35. The van der Waals surface area contributed by atoms with Crippen molar-refractivity contribution in [1.29, 1.82) is 0 Å². The fourth-order valence-corrected chi connectivity index (χ4v) is 2.31. The maximum absolute atomic E-state index is 13.9. The van der Waals surface area contributed by atoms with Crippen LogP contribution in [0.3, 0.4) is 0 Å². The van der Waals surface area contributed by atoms with Gasteiger partial charge in [0.2, 0.25) is 0 Å². The average Bonchev–Trinajstić information content (AvgIpc) is 2.41. The number of rotatable bonds is 3. The Morgan fingerprint density at radius 2 is 2.10 bits per heavy atom. The Morgan fingerprint density at radius 3 is 2.70 bits per heavy atom. The molecule has 0 aliphatic heterocycles. The second-order valence-electron chi connectivity index (χ2n) is 4.42. The highest BCUT2D eigenvalue weighted by Crippen LogP contribution is 2.34. The first-order valence-electron chi connectivity index (χ1n) is 5.97. The topological polar surface area (TPSA) is 48.4 Å². The fraction of sp³-hybridized carbons (Fsp3) is 0.286. The summed E-state index contributed by atoms with van der Waals surface area (Å²) in [5.41, 5.74) is 0.0746. The minimum absolute atomic E-state index is 0.00708. The predicted molar refractivity (Wildman–Crippen MR) is 76.5 cm³/mol. The summed E-state index contributed by atoms with van der Waals surface area (Å²) in [4.78, 5) is 15.6. The van der Waals surface area contributed by atoms with Crippen LogP contribution in [0, 0.1) is 5.82 Å². The maximum atomic E-state index is 13.9. The van der Waals surface area contributed by atoms with Gasteiger partial charge in [0.05, 0.1) is 18.6 Å². The number of nitrogens with zero attached hydrogens (tertiary/aromatic N) is 1. The van der Waals surface area contributed by atoms with Gasteiger partial charge in [-0.25, -0.2) is 14.2 Å². The van der Waals surface area contributed by atoms with Gasteiger partial charge in [0.25, 0.3) is 0 Å². The first-order chi connectivity index (χ1) is 9.43. The molecule has 0 fully saturated rings. The first-order valence-corrected chi connectivity index (χ1v) is 6.77. The molecule has 0 aliphatic carbocycles. The van der Waals surface area contributed by atoms with Gasteiger partial charge < -0.3 is 9.47 Å². The van der Waals surface area contributed by atoms with Crippen LogP contribution in [0.2, 0.25) is 0 Å². The van der Waals surface area contributed by atoms with Crippen LogP contribution >= 0.6 is 15.9 Å². The number of esters is 1. The number of methoxy groups -OCH3 is 1. The van der Waals surface area contributed by atoms with Gasteiger partial charge in [0.15, 0.2) is 5.69 Å². The fourth-order valence-electron chi connectivity index (χ4n) is 1.79. The van der Waals surface area contributed by atoms with Crippen LogP contribution in [0.1, 0.15) is 24.3 Å².